The van der Waals surface area contributed by atoms with E-state index in [0.717, 1.165) is 5.56 Å². The van der Waals surface area contributed by atoms with Crippen LogP contribution in [-0.4, -0.2) is 12.4 Å². The van der Waals surface area contributed by atoms with Crippen molar-refractivity contribution < 1.29 is 14.3 Å². The molecule has 0 unspecified atom stereocenters. The van der Waals surface area contributed by atoms with Crippen molar-refractivity contribution in [3.63, 3.8) is 0 Å². The maximum atomic E-state index is 11.8. The van der Waals surface area contributed by atoms with Crippen molar-refractivity contribution >= 4 is 5.78 Å². The molecule has 3 nitrogen and oxygen atoms in total. The van der Waals surface area contributed by atoms with Crippen LogP contribution in [0.3, 0.4) is 0 Å². The lowest BCUT2D eigenvalue weighted by atomic mass is 10.0. The van der Waals surface area contributed by atoms with Crippen LogP contribution in [-0.2, 0) is 6.61 Å². The molecule has 0 saturated carbocycles. The number of ether oxygens (including phenoxy) is 2. The van der Waals surface area contributed by atoms with E-state index in [2.05, 4.69) is 0 Å². The second-order valence-electron chi connectivity index (χ2n) is 4.45. The topological polar surface area (TPSA) is 35.5 Å². The van der Waals surface area contributed by atoms with Gasteiger partial charge >= 0.3 is 0 Å². The normalized spacial score (nSPS) is 13.6. The van der Waals surface area contributed by atoms with Crippen LogP contribution in [0.2, 0.25) is 0 Å². The minimum atomic E-state index is 0.117. The SMILES string of the molecule is O=C1CCOc2ccc(OCc3ccccc3)cc21. The molecule has 0 fully saturated rings. The molecule has 0 aliphatic carbocycles. The Kier molecular flexibility index (Phi) is 3.19. The van der Waals surface area contributed by atoms with E-state index in [1.54, 1.807) is 12.1 Å². The highest BCUT2D eigenvalue weighted by Crippen LogP contribution is 2.28. The highest BCUT2D eigenvalue weighted by Gasteiger charge is 2.18. The van der Waals surface area contributed by atoms with Gasteiger partial charge in [0.05, 0.1) is 12.2 Å². The highest BCUT2D eigenvalue weighted by atomic mass is 16.5. The van der Waals surface area contributed by atoms with Crippen molar-refractivity contribution in [3.8, 4) is 11.5 Å². The minimum absolute atomic E-state index is 0.117. The average molecular weight is 254 g/mol. The van der Waals surface area contributed by atoms with Crippen LogP contribution >= 0.6 is 0 Å². The van der Waals surface area contributed by atoms with Gasteiger partial charge in [-0.1, -0.05) is 30.3 Å². The van der Waals surface area contributed by atoms with Crippen LogP contribution in [0.4, 0.5) is 0 Å². The largest absolute Gasteiger partial charge is 0.492 e. The van der Waals surface area contributed by atoms with Crippen molar-refractivity contribution in [2.45, 2.75) is 13.0 Å². The molecule has 0 atom stereocenters. The Morgan fingerprint density at radius 3 is 2.79 bits per heavy atom. The van der Waals surface area contributed by atoms with Crippen LogP contribution in [0.25, 0.3) is 0 Å². The Morgan fingerprint density at radius 1 is 1.11 bits per heavy atom. The molecule has 0 aromatic heterocycles. The predicted octanol–water partition coefficient (Wildman–Crippen LogP) is 3.23. The Morgan fingerprint density at radius 2 is 1.95 bits per heavy atom. The number of ketones is 1. The Labute approximate surface area is 111 Å². The van der Waals surface area contributed by atoms with Gasteiger partial charge < -0.3 is 9.47 Å². The van der Waals surface area contributed by atoms with E-state index < -0.39 is 0 Å². The van der Waals surface area contributed by atoms with Crippen molar-refractivity contribution in [1.82, 2.24) is 0 Å². The number of rotatable bonds is 3. The standard InChI is InChI=1S/C16H14O3/c17-15-8-9-18-16-7-6-13(10-14(15)16)19-11-12-4-2-1-3-5-12/h1-7,10H,8-9,11H2. The third-order valence-corrected chi connectivity index (χ3v) is 3.09. The molecule has 0 N–H and O–H groups in total. The van der Waals surface area contributed by atoms with Crippen molar-refractivity contribution in [1.29, 1.82) is 0 Å². The first-order chi connectivity index (χ1) is 9.33. The van der Waals surface area contributed by atoms with E-state index in [1.165, 1.54) is 0 Å². The summed E-state index contributed by atoms with van der Waals surface area (Å²) < 4.78 is 11.1. The second-order valence-corrected chi connectivity index (χ2v) is 4.45. The fourth-order valence-electron chi connectivity index (χ4n) is 2.07. The molecule has 0 spiro atoms. The Bertz CT molecular complexity index is 590. The summed E-state index contributed by atoms with van der Waals surface area (Å²) in [6.07, 6.45) is 0.440. The molecule has 1 aliphatic rings. The van der Waals surface area contributed by atoms with Crippen LogP contribution in [0.5, 0.6) is 11.5 Å². The fraction of sp³-hybridized carbons (Fsp3) is 0.188. The summed E-state index contributed by atoms with van der Waals surface area (Å²) in [5, 5.41) is 0. The van der Waals surface area contributed by atoms with Gasteiger partial charge in [0.2, 0.25) is 0 Å². The number of Topliss-reactive ketones (excluding diaryl/α,β-unsaturated/α-hetero) is 1. The maximum Gasteiger partial charge on any atom is 0.170 e. The van der Waals surface area contributed by atoms with E-state index in [4.69, 9.17) is 9.47 Å². The summed E-state index contributed by atoms with van der Waals surface area (Å²) >= 11 is 0. The summed E-state index contributed by atoms with van der Waals surface area (Å²) in [6.45, 7) is 0.963. The number of benzene rings is 2. The summed E-state index contributed by atoms with van der Waals surface area (Å²) in [4.78, 5) is 11.8. The number of carbonyl (C=O) groups excluding carboxylic acids is 1. The number of carbonyl (C=O) groups is 1. The zero-order valence-corrected chi connectivity index (χ0v) is 10.5. The monoisotopic (exact) mass is 254 g/mol. The molecule has 3 rings (SSSR count). The lowest BCUT2D eigenvalue weighted by Crippen LogP contribution is -2.15. The number of hydrogen-bond donors (Lipinski definition) is 0. The zero-order valence-electron chi connectivity index (χ0n) is 10.5. The first kappa shape index (κ1) is 11.8. The Hall–Kier alpha value is -2.29. The van der Waals surface area contributed by atoms with E-state index in [0.29, 0.717) is 36.7 Å². The molecule has 1 heterocycles. The van der Waals surface area contributed by atoms with Gasteiger partial charge in [-0.2, -0.15) is 0 Å². The van der Waals surface area contributed by atoms with Gasteiger partial charge in [0, 0.05) is 6.42 Å². The van der Waals surface area contributed by atoms with Crippen LogP contribution in [0.15, 0.2) is 48.5 Å². The van der Waals surface area contributed by atoms with Gasteiger partial charge in [-0.05, 0) is 23.8 Å². The second kappa shape index (κ2) is 5.14. The third-order valence-electron chi connectivity index (χ3n) is 3.09. The van der Waals surface area contributed by atoms with E-state index in [9.17, 15) is 4.79 Å². The highest BCUT2D eigenvalue weighted by molar-refractivity contribution is 5.99. The van der Waals surface area contributed by atoms with Crippen molar-refractivity contribution in [2.75, 3.05) is 6.61 Å². The molecule has 0 radical (unpaired) electrons. The predicted molar refractivity (Wildman–Crippen MR) is 71.7 cm³/mol. The molecular weight excluding hydrogens is 240 g/mol. The molecule has 19 heavy (non-hydrogen) atoms. The van der Waals surface area contributed by atoms with Gasteiger partial charge in [-0.15, -0.1) is 0 Å². The lowest BCUT2D eigenvalue weighted by molar-refractivity contribution is 0.0932. The molecule has 0 amide bonds. The lowest BCUT2D eigenvalue weighted by Gasteiger charge is -2.17. The van der Waals surface area contributed by atoms with Crippen molar-refractivity contribution in [2.24, 2.45) is 0 Å². The maximum absolute atomic E-state index is 11.8. The molecule has 0 saturated heterocycles. The van der Waals surface area contributed by atoms with E-state index in [1.807, 2.05) is 36.4 Å². The van der Waals surface area contributed by atoms with Crippen LogP contribution in [0.1, 0.15) is 22.3 Å². The van der Waals surface area contributed by atoms with Gasteiger partial charge in [0.25, 0.3) is 0 Å². The molecule has 96 valence electrons. The first-order valence-electron chi connectivity index (χ1n) is 6.30. The molecular formula is C16H14O3. The van der Waals surface area contributed by atoms with Crippen LogP contribution in [0, 0.1) is 0 Å². The third kappa shape index (κ3) is 2.60. The van der Waals surface area contributed by atoms with Gasteiger partial charge in [-0.3, -0.25) is 4.79 Å². The van der Waals surface area contributed by atoms with E-state index >= 15 is 0 Å². The molecule has 0 bridgehead atoms. The summed E-state index contributed by atoms with van der Waals surface area (Å²) in [6, 6.07) is 15.3. The molecule has 1 aliphatic heterocycles. The summed E-state index contributed by atoms with van der Waals surface area (Å²) in [5.41, 5.74) is 1.72. The smallest absolute Gasteiger partial charge is 0.170 e. The quantitative estimate of drug-likeness (QED) is 0.843. The van der Waals surface area contributed by atoms with Gasteiger partial charge in [0.1, 0.15) is 18.1 Å². The summed E-state index contributed by atoms with van der Waals surface area (Å²) in [5.74, 6) is 1.47. The average Bonchev–Trinajstić information content (AvgIpc) is 2.47. The molecule has 2 aromatic rings. The fourth-order valence-corrected chi connectivity index (χ4v) is 2.07. The number of hydrogen-bond acceptors (Lipinski definition) is 3. The van der Waals surface area contributed by atoms with Crippen LogP contribution < -0.4 is 9.47 Å². The van der Waals surface area contributed by atoms with Gasteiger partial charge in [0.15, 0.2) is 5.78 Å². The zero-order chi connectivity index (χ0) is 13.1. The van der Waals surface area contributed by atoms with Crippen molar-refractivity contribution in [3.05, 3.63) is 59.7 Å². The number of fused-ring (bicyclic) bond motifs is 1. The van der Waals surface area contributed by atoms with Gasteiger partial charge in [-0.25, -0.2) is 0 Å². The Balaban J connectivity index is 1.75. The molecule has 3 heteroatoms. The first-order valence-corrected chi connectivity index (χ1v) is 6.30. The molecule has 2 aromatic carbocycles. The summed E-state index contributed by atoms with van der Waals surface area (Å²) in [7, 11) is 0. The minimum Gasteiger partial charge on any atom is -0.492 e. The van der Waals surface area contributed by atoms with E-state index in [-0.39, 0.29) is 5.78 Å².